The largest absolute Gasteiger partial charge is 0.390 e. The summed E-state index contributed by atoms with van der Waals surface area (Å²) in [6.07, 6.45) is 6.60. The molecule has 3 aromatic rings. The molecule has 41 heavy (non-hydrogen) atoms. The van der Waals surface area contributed by atoms with Crippen LogP contribution in [0.25, 0.3) is 16.8 Å². The molecule has 1 fully saturated rings. The molecule has 1 saturated carbocycles. The second-order valence-corrected chi connectivity index (χ2v) is 11.1. The number of carbonyl (C=O) groups is 2. The fourth-order valence-electron chi connectivity index (χ4n) is 4.53. The van der Waals surface area contributed by atoms with Crippen molar-refractivity contribution in [3.05, 3.63) is 88.8 Å². The number of nitrogens with one attached hydrogen (secondary N) is 2. The first-order valence-corrected chi connectivity index (χ1v) is 13.7. The first-order chi connectivity index (χ1) is 19.5. The van der Waals surface area contributed by atoms with E-state index in [0.717, 1.165) is 40.7 Å². The number of nitrogens with two attached hydrogens (primary N) is 1. The Morgan fingerprint density at radius 3 is 2.56 bits per heavy atom. The van der Waals surface area contributed by atoms with Gasteiger partial charge in [-0.3, -0.25) is 14.6 Å². The van der Waals surface area contributed by atoms with Crippen LogP contribution >= 0.6 is 0 Å². The van der Waals surface area contributed by atoms with Crippen molar-refractivity contribution >= 4 is 29.5 Å². The second kappa shape index (κ2) is 12.2. The Morgan fingerprint density at radius 2 is 1.88 bits per heavy atom. The highest BCUT2D eigenvalue weighted by Gasteiger charge is 2.30. The summed E-state index contributed by atoms with van der Waals surface area (Å²) in [5.41, 5.74) is 12.0. The third kappa shape index (κ3) is 7.25. The van der Waals surface area contributed by atoms with E-state index < -0.39 is 5.41 Å². The van der Waals surface area contributed by atoms with E-state index in [4.69, 9.17) is 5.73 Å². The average Bonchev–Trinajstić information content (AvgIpc) is 3.79. The number of aryl methyl sites for hydroxylation is 2. The number of hydrogen-bond acceptors (Lipinski definition) is 5. The van der Waals surface area contributed by atoms with E-state index in [9.17, 15) is 14.9 Å². The minimum atomic E-state index is -0.807. The number of pyridine rings is 1. The van der Waals surface area contributed by atoms with Crippen molar-refractivity contribution in [2.45, 2.75) is 58.9 Å². The van der Waals surface area contributed by atoms with E-state index in [2.05, 4.69) is 32.7 Å². The molecule has 1 aliphatic rings. The Morgan fingerprint density at radius 1 is 1.12 bits per heavy atom. The Bertz CT molecular complexity index is 1580. The van der Waals surface area contributed by atoms with Gasteiger partial charge in [0.25, 0.3) is 5.91 Å². The van der Waals surface area contributed by atoms with Crippen molar-refractivity contribution in [1.29, 1.82) is 5.26 Å². The number of amides is 2. The van der Waals surface area contributed by atoms with Gasteiger partial charge < -0.3 is 16.4 Å². The van der Waals surface area contributed by atoms with E-state index >= 15 is 0 Å². The van der Waals surface area contributed by atoms with Crippen LogP contribution in [0.1, 0.15) is 66.4 Å². The number of rotatable bonds is 9. The van der Waals surface area contributed by atoms with Crippen molar-refractivity contribution in [1.82, 2.24) is 10.3 Å². The van der Waals surface area contributed by atoms with Crippen LogP contribution in [0.15, 0.2) is 65.8 Å². The van der Waals surface area contributed by atoms with Crippen molar-refractivity contribution in [3.63, 3.8) is 0 Å². The summed E-state index contributed by atoms with van der Waals surface area (Å²) in [4.78, 5) is 34.0. The van der Waals surface area contributed by atoms with Crippen LogP contribution in [0.5, 0.6) is 0 Å². The first kappa shape index (κ1) is 29.2. The lowest BCUT2D eigenvalue weighted by atomic mass is 9.90. The number of carbonyl (C=O) groups excluding carboxylic acids is 2. The summed E-state index contributed by atoms with van der Waals surface area (Å²) in [5, 5.41) is 15.5. The van der Waals surface area contributed by atoms with Crippen LogP contribution in [0.4, 0.5) is 5.69 Å². The number of nitrogens with zero attached hydrogens (tertiary/aromatic N) is 3. The maximum absolute atomic E-state index is 13.1. The monoisotopic (exact) mass is 548 g/mol. The van der Waals surface area contributed by atoms with Gasteiger partial charge in [0, 0.05) is 35.0 Å². The number of benzene rings is 2. The Labute approximate surface area is 241 Å². The van der Waals surface area contributed by atoms with Crippen LogP contribution in [0, 0.1) is 31.1 Å². The van der Waals surface area contributed by atoms with Gasteiger partial charge in [0.1, 0.15) is 0 Å². The van der Waals surface area contributed by atoms with Crippen molar-refractivity contribution in [3.8, 4) is 17.2 Å². The topological polar surface area (TPSA) is 133 Å². The normalized spacial score (nSPS) is 14.4. The van der Waals surface area contributed by atoms with E-state index in [-0.39, 0.29) is 23.8 Å². The zero-order chi connectivity index (χ0) is 29.7. The number of hydrogen-bond donors (Lipinski definition) is 3. The highest BCUT2D eigenvalue weighted by molar-refractivity contribution is 6.04. The molecule has 2 amide bonds. The van der Waals surface area contributed by atoms with Gasteiger partial charge in [-0.05, 0) is 112 Å². The molecule has 0 saturated heterocycles. The number of aromatic nitrogens is 1. The van der Waals surface area contributed by atoms with Crippen LogP contribution < -0.4 is 16.4 Å². The van der Waals surface area contributed by atoms with Gasteiger partial charge in [-0.1, -0.05) is 12.1 Å². The number of aliphatic imine (C=N–C) groups is 1. The molecule has 1 heterocycles. The van der Waals surface area contributed by atoms with Crippen molar-refractivity contribution < 1.29 is 9.59 Å². The molecule has 2 aromatic carbocycles. The predicted octanol–water partition coefficient (Wildman–Crippen LogP) is 5.66. The Balaban J connectivity index is 1.62. The zero-order valence-corrected chi connectivity index (χ0v) is 24.2. The highest BCUT2D eigenvalue weighted by Crippen LogP contribution is 2.32. The predicted molar refractivity (Wildman–Crippen MR) is 163 cm³/mol. The maximum atomic E-state index is 13.1. The molecule has 8 nitrogen and oxygen atoms in total. The summed E-state index contributed by atoms with van der Waals surface area (Å²) >= 11 is 0. The quantitative estimate of drug-likeness (QED) is 0.234. The van der Waals surface area contributed by atoms with Crippen LogP contribution in [-0.2, 0) is 10.2 Å². The smallest absolute Gasteiger partial charge is 0.255 e. The molecule has 1 atom stereocenters. The summed E-state index contributed by atoms with van der Waals surface area (Å²) < 4.78 is 0. The lowest BCUT2D eigenvalue weighted by Gasteiger charge is -2.16. The van der Waals surface area contributed by atoms with E-state index in [1.54, 1.807) is 32.2 Å². The third-order valence-electron chi connectivity index (χ3n) is 7.06. The molecule has 1 aliphatic carbocycles. The van der Waals surface area contributed by atoms with Crippen molar-refractivity contribution in [2.24, 2.45) is 16.6 Å². The minimum Gasteiger partial charge on any atom is -0.390 e. The molecule has 0 spiro atoms. The summed E-state index contributed by atoms with van der Waals surface area (Å²) in [6, 6.07) is 17.2. The highest BCUT2D eigenvalue weighted by atomic mass is 16.2. The van der Waals surface area contributed by atoms with Crippen molar-refractivity contribution in [2.75, 3.05) is 5.32 Å². The van der Waals surface area contributed by atoms with Gasteiger partial charge in [-0.15, -0.1) is 0 Å². The zero-order valence-electron chi connectivity index (χ0n) is 24.2. The summed E-state index contributed by atoms with van der Waals surface area (Å²) in [7, 11) is 0. The molecule has 1 aromatic heterocycles. The van der Waals surface area contributed by atoms with Gasteiger partial charge in [-0.25, -0.2) is 4.99 Å². The molecule has 4 N–H and O–H groups in total. The van der Waals surface area contributed by atoms with Gasteiger partial charge in [0.05, 0.1) is 29.2 Å². The SMILES string of the molecule is Cc1cc(/C(=C/C(C)NC(=O)C2CC2)N=CN)cc(-c2cc(NC(=O)c3ccnc(C(C)(C)C#N)c3)ccc2C)c1. The molecule has 8 heteroatoms. The lowest BCUT2D eigenvalue weighted by Crippen LogP contribution is -2.32. The minimum absolute atomic E-state index is 0.0704. The van der Waals surface area contributed by atoms with E-state index in [0.29, 0.717) is 22.6 Å². The molecule has 0 radical (unpaired) electrons. The molecule has 1 unspecified atom stereocenters. The Kier molecular flexibility index (Phi) is 8.68. The van der Waals surface area contributed by atoms with Gasteiger partial charge in [0.2, 0.25) is 5.91 Å². The van der Waals surface area contributed by atoms with Crippen LogP contribution in [-0.4, -0.2) is 29.2 Å². The molecule has 0 bridgehead atoms. The molecular formula is C33H36N6O2. The second-order valence-electron chi connectivity index (χ2n) is 11.1. The fraction of sp³-hybridized carbons (Fsp3) is 0.303. The fourth-order valence-corrected chi connectivity index (χ4v) is 4.53. The van der Waals surface area contributed by atoms with E-state index in [1.165, 1.54) is 6.34 Å². The summed E-state index contributed by atoms with van der Waals surface area (Å²) in [6.45, 7) is 9.49. The molecule has 0 aliphatic heterocycles. The maximum Gasteiger partial charge on any atom is 0.255 e. The lowest BCUT2D eigenvalue weighted by molar-refractivity contribution is -0.122. The third-order valence-corrected chi connectivity index (χ3v) is 7.06. The average molecular weight is 549 g/mol. The van der Waals surface area contributed by atoms with Gasteiger partial charge in [0.15, 0.2) is 0 Å². The van der Waals surface area contributed by atoms with E-state index in [1.807, 2.05) is 57.2 Å². The number of anilines is 1. The number of nitriles is 1. The molecule has 4 rings (SSSR count). The first-order valence-electron chi connectivity index (χ1n) is 13.7. The molecule has 210 valence electrons. The standard InChI is InChI=1S/C33H36N6O2/c1-20-12-25(15-26(13-20)29(37-19-35)14-22(3)38-31(40)23-7-8-23)28-17-27(9-6-21(28)2)39-32(41)24-10-11-36-30(16-24)33(4,5)18-34/h6,9-17,19,22-23H,7-8H2,1-5H3,(H2,35,37)(H,38,40)(H,39,41)/b29-14-. The van der Waals surface area contributed by atoms with Gasteiger partial charge in [-0.2, -0.15) is 5.26 Å². The van der Waals surface area contributed by atoms with Gasteiger partial charge >= 0.3 is 0 Å². The Hall–Kier alpha value is -4.77. The van der Waals surface area contributed by atoms with Crippen LogP contribution in [0.2, 0.25) is 0 Å². The van der Waals surface area contributed by atoms with Crippen LogP contribution in [0.3, 0.4) is 0 Å². The molecular weight excluding hydrogens is 512 g/mol. The summed E-state index contributed by atoms with van der Waals surface area (Å²) in [5.74, 6) is -0.0912.